The Bertz CT molecular complexity index is 2240. The molecule has 2 heterocycles. The number of hydrogen-bond acceptors (Lipinski definition) is 24. The molecule has 2 fully saturated rings. The molecule has 2 aromatic carbocycles. The molecule has 68 heavy (non-hydrogen) atoms. The fourth-order valence-corrected chi connectivity index (χ4v) is 7.01. The Morgan fingerprint density at radius 3 is 1.35 bits per heavy atom. The number of hydrogen-bond donors (Lipinski definition) is 1. The van der Waals surface area contributed by atoms with Gasteiger partial charge in [-0.3, -0.25) is 53.3 Å². The van der Waals surface area contributed by atoms with Gasteiger partial charge in [-0.1, -0.05) is 12.1 Å². The van der Waals surface area contributed by atoms with Crippen molar-refractivity contribution in [1.82, 2.24) is 0 Å². The van der Waals surface area contributed by atoms with Crippen LogP contribution in [0.1, 0.15) is 77.7 Å². The molecule has 2 aliphatic rings. The minimum atomic E-state index is -1.97. The fourth-order valence-electron chi connectivity index (χ4n) is 7.01. The minimum absolute atomic E-state index is 0.0439. The van der Waals surface area contributed by atoms with Crippen LogP contribution in [-0.4, -0.2) is 138 Å². The third kappa shape index (κ3) is 15.1. The quantitative estimate of drug-likeness (QED) is 0.0692. The van der Waals surface area contributed by atoms with Crippen molar-refractivity contribution in [1.29, 1.82) is 0 Å². The molecule has 370 valence electrons. The Morgan fingerprint density at radius 1 is 0.559 bits per heavy atom. The van der Waals surface area contributed by atoms with Crippen molar-refractivity contribution in [2.45, 2.75) is 130 Å². The molecular weight excluding hydrogens is 914 g/mol. The van der Waals surface area contributed by atoms with Crippen molar-refractivity contribution in [3.63, 3.8) is 0 Å². The standard InChI is InChI=1S/C43H49NO24/c1-19(45)57-17-33-36(59-21(3)47)38(61-23(5)49)40(63-25(7)51)42(67-33)65-29-15-31(54)35(30(53)14-11-27-9-12-28(13-10-27)44(55)56)32(16-29)66-43-41(64-26(8)52)39(62-24(6)50)37(60-22(4)48)34(68-43)18-58-20(2)46/h9-10,12-13,15-16,33-34,36-43,54H,11,14,17-18H2,1-8H3/t33-,34-,36+,37+,38-,39-,40+,41+,42-,43-/m0/s1. The minimum Gasteiger partial charge on any atom is -0.507 e. The second-order valence-electron chi connectivity index (χ2n) is 15.0. The number of nitro benzene ring substituents is 1. The van der Waals surface area contributed by atoms with E-state index < -0.39 is 156 Å². The third-order valence-electron chi connectivity index (χ3n) is 9.51. The number of carbonyl (C=O) groups is 9. The summed E-state index contributed by atoms with van der Waals surface area (Å²) in [6.45, 7) is 6.76. The van der Waals surface area contributed by atoms with Crippen LogP contribution in [0, 0.1) is 10.1 Å². The van der Waals surface area contributed by atoms with Gasteiger partial charge >= 0.3 is 47.8 Å². The van der Waals surface area contributed by atoms with Crippen molar-refractivity contribution in [2.24, 2.45) is 0 Å². The number of ether oxygens (including phenoxy) is 12. The molecule has 2 aliphatic heterocycles. The Kier molecular flexibility index (Phi) is 18.7. The number of aryl methyl sites for hydroxylation is 1. The molecule has 25 nitrogen and oxygen atoms in total. The topological polar surface area (TPSA) is 328 Å². The van der Waals surface area contributed by atoms with Crippen LogP contribution in [0.3, 0.4) is 0 Å². The van der Waals surface area contributed by atoms with Gasteiger partial charge in [0.05, 0.1) is 4.92 Å². The predicted molar refractivity (Wildman–Crippen MR) is 219 cm³/mol. The van der Waals surface area contributed by atoms with E-state index in [-0.39, 0.29) is 18.5 Å². The molecular formula is C43H49NO24. The molecule has 2 saturated heterocycles. The van der Waals surface area contributed by atoms with Gasteiger partial charge < -0.3 is 61.9 Å². The highest BCUT2D eigenvalue weighted by Gasteiger charge is 2.55. The van der Waals surface area contributed by atoms with Crippen molar-refractivity contribution < 1.29 is 110 Å². The Morgan fingerprint density at radius 2 is 0.956 bits per heavy atom. The van der Waals surface area contributed by atoms with Gasteiger partial charge in [-0.05, 0) is 12.0 Å². The zero-order chi connectivity index (χ0) is 50.6. The first-order valence-electron chi connectivity index (χ1n) is 20.5. The fraction of sp³-hybridized carbons (Fsp3) is 0.512. The molecule has 0 spiro atoms. The molecule has 0 bridgehead atoms. The smallest absolute Gasteiger partial charge is 0.303 e. The highest BCUT2D eigenvalue weighted by molar-refractivity contribution is 6.01. The average Bonchev–Trinajstić information content (AvgIpc) is 3.22. The molecule has 2 aromatic rings. The van der Waals surface area contributed by atoms with Crippen LogP contribution in [0.25, 0.3) is 0 Å². The van der Waals surface area contributed by atoms with E-state index in [0.29, 0.717) is 5.56 Å². The van der Waals surface area contributed by atoms with Gasteiger partial charge in [0.15, 0.2) is 30.2 Å². The number of aromatic hydroxyl groups is 1. The largest absolute Gasteiger partial charge is 0.507 e. The summed E-state index contributed by atoms with van der Waals surface area (Å²) in [5.74, 6) is -10.1. The summed E-state index contributed by atoms with van der Waals surface area (Å²) in [5.41, 5.74) is -0.326. The maximum atomic E-state index is 14.2. The summed E-state index contributed by atoms with van der Waals surface area (Å²) in [5, 5.41) is 22.9. The van der Waals surface area contributed by atoms with Gasteiger partial charge in [-0.15, -0.1) is 0 Å². The predicted octanol–water partition coefficient (Wildman–Crippen LogP) is 2.04. The van der Waals surface area contributed by atoms with Crippen LogP contribution >= 0.6 is 0 Å². The Labute approximate surface area is 386 Å². The lowest BCUT2D eigenvalue weighted by Crippen LogP contribution is -2.63. The van der Waals surface area contributed by atoms with Gasteiger partial charge in [0.1, 0.15) is 48.2 Å². The maximum absolute atomic E-state index is 14.2. The Balaban J connectivity index is 1.90. The SMILES string of the molecule is CC(=O)OC[C@@H]1O[C@H](Oc2cc(O)c(C(=O)CCc3ccc([N+](=O)[O-])cc3)c(O[C@H]3O[C@@H](COC(C)=O)[C@@H](OC(C)=O)[C@H](OC(C)=O)[C@H]3OC(C)=O)c2)[C@H](OC(C)=O)[C@@H](OC(C)=O)[C@@H]1OC(C)=O. The molecule has 0 saturated carbocycles. The number of nitro groups is 1. The average molecular weight is 964 g/mol. The van der Waals surface area contributed by atoms with E-state index in [1.165, 1.54) is 24.3 Å². The molecule has 0 radical (unpaired) electrons. The first kappa shape index (κ1) is 53.2. The van der Waals surface area contributed by atoms with E-state index in [9.17, 15) is 58.4 Å². The number of non-ortho nitro benzene ring substituents is 1. The number of benzene rings is 2. The van der Waals surface area contributed by atoms with E-state index in [1.54, 1.807) is 0 Å². The number of phenols is 1. The second-order valence-corrected chi connectivity index (χ2v) is 15.0. The third-order valence-corrected chi connectivity index (χ3v) is 9.51. The highest BCUT2D eigenvalue weighted by Crippen LogP contribution is 2.40. The van der Waals surface area contributed by atoms with Gasteiger partial charge in [0.25, 0.3) is 5.69 Å². The van der Waals surface area contributed by atoms with E-state index in [4.69, 9.17) is 56.8 Å². The lowest BCUT2D eigenvalue weighted by atomic mass is 9.97. The van der Waals surface area contributed by atoms with E-state index in [2.05, 4.69) is 0 Å². The van der Waals surface area contributed by atoms with Crippen LogP contribution in [0.4, 0.5) is 5.69 Å². The van der Waals surface area contributed by atoms with Gasteiger partial charge in [-0.25, -0.2) is 0 Å². The van der Waals surface area contributed by atoms with Crippen LogP contribution in [0.15, 0.2) is 36.4 Å². The van der Waals surface area contributed by atoms with E-state index >= 15 is 0 Å². The van der Waals surface area contributed by atoms with Crippen LogP contribution in [0.5, 0.6) is 17.2 Å². The zero-order valence-electron chi connectivity index (χ0n) is 37.9. The molecule has 10 atom stereocenters. The maximum Gasteiger partial charge on any atom is 0.303 e. The molecule has 4 rings (SSSR count). The number of phenolic OH excluding ortho intramolecular Hbond substituents is 1. The number of rotatable bonds is 19. The first-order chi connectivity index (χ1) is 31.9. The zero-order valence-corrected chi connectivity index (χ0v) is 37.9. The number of esters is 8. The first-order valence-corrected chi connectivity index (χ1v) is 20.5. The summed E-state index contributed by atoms with van der Waals surface area (Å²) in [6, 6.07) is 7.14. The van der Waals surface area contributed by atoms with Gasteiger partial charge in [0.2, 0.25) is 24.8 Å². The van der Waals surface area contributed by atoms with Crippen molar-refractivity contribution in [3.8, 4) is 17.2 Å². The summed E-state index contributed by atoms with van der Waals surface area (Å²) in [7, 11) is 0. The lowest BCUT2D eigenvalue weighted by Gasteiger charge is -2.44. The van der Waals surface area contributed by atoms with Gasteiger partial charge in [0, 0.05) is 86.1 Å². The summed E-state index contributed by atoms with van der Waals surface area (Å²) in [6.07, 6.45) is -17.5. The number of Topliss-reactive ketones (excluding diaryl/α,β-unsaturated/α-hetero) is 1. The second kappa shape index (κ2) is 23.9. The number of ketones is 1. The molecule has 1 N–H and O–H groups in total. The van der Waals surface area contributed by atoms with Crippen LogP contribution in [0.2, 0.25) is 0 Å². The molecule has 0 aromatic heterocycles. The molecule has 25 heteroatoms. The Hall–Kier alpha value is -7.41. The van der Waals surface area contributed by atoms with Crippen LogP contribution < -0.4 is 9.47 Å². The van der Waals surface area contributed by atoms with Crippen LogP contribution in [-0.2, 0) is 92.1 Å². The molecule has 0 amide bonds. The molecule has 0 unspecified atom stereocenters. The summed E-state index contributed by atoms with van der Waals surface area (Å²) in [4.78, 5) is 123. The monoisotopic (exact) mass is 963 g/mol. The van der Waals surface area contributed by atoms with Crippen molar-refractivity contribution >= 4 is 59.2 Å². The number of carbonyl (C=O) groups excluding carboxylic acids is 9. The highest BCUT2D eigenvalue weighted by atomic mass is 16.8. The van der Waals surface area contributed by atoms with E-state index in [1.807, 2.05) is 0 Å². The van der Waals surface area contributed by atoms with Crippen molar-refractivity contribution in [2.75, 3.05) is 13.2 Å². The molecule has 0 aliphatic carbocycles. The normalized spacial score (nSPS) is 24.1. The van der Waals surface area contributed by atoms with E-state index in [0.717, 1.165) is 67.5 Å². The number of nitrogens with zero attached hydrogens (tertiary/aromatic N) is 1. The summed E-state index contributed by atoms with van der Waals surface area (Å²) < 4.78 is 67.4. The lowest BCUT2D eigenvalue weighted by molar-refractivity contribution is -0.384. The summed E-state index contributed by atoms with van der Waals surface area (Å²) >= 11 is 0. The van der Waals surface area contributed by atoms with Gasteiger partial charge in [-0.2, -0.15) is 0 Å². The van der Waals surface area contributed by atoms with Crippen molar-refractivity contribution in [3.05, 3.63) is 57.6 Å².